The summed E-state index contributed by atoms with van der Waals surface area (Å²) in [7, 11) is 0. The van der Waals surface area contributed by atoms with Gasteiger partial charge in [-0.2, -0.15) is 0 Å². The molecule has 3 heteroatoms. The molecule has 1 aromatic heterocycles. The van der Waals surface area contributed by atoms with E-state index in [1.165, 1.54) is 5.56 Å². The third kappa shape index (κ3) is 2.94. The minimum Gasteiger partial charge on any atom is -0.471 e. The lowest BCUT2D eigenvalue weighted by atomic mass is 10.2. The fourth-order valence-electron chi connectivity index (χ4n) is 2.10. The Labute approximate surface area is 113 Å². The minimum atomic E-state index is 0.634. The van der Waals surface area contributed by atoms with E-state index >= 15 is 0 Å². The SMILES string of the molecule is C1=C(c2ccccc2)OCN1CCc1ccncc1. The molecule has 1 aromatic carbocycles. The first-order valence-corrected chi connectivity index (χ1v) is 6.45. The third-order valence-electron chi connectivity index (χ3n) is 3.18. The van der Waals surface area contributed by atoms with Crippen molar-refractivity contribution >= 4 is 5.76 Å². The van der Waals surface area contributed by atoms with Gasteiger partial charge < -0.3 is 9.64 Å². The molecule has 0 aliphatic carbocycles. The van der Waals surface area contributed by atoms with Gasteiger partial charge >= 0.3 is 0 Å². The summed E-state index contributed by atoms with van der Waals surface area (Å²) in [5.74, 6) is 0.954. The van der Waals surface area contributed by atoms with Crippen LogP contribution in [0.5, 0.6) is 0 Å². The molecule has 2 aromatic rings. The summed E-state index contributed by atoms with van der Waals surface area (Å²) < 4.78 is 5.71. The van der Waals surface area contributed by atoms with Crippen LogP contribution in [0.1, 0.15) is 11.1 Å². The monoisotopic (exact) mass is 252 g/mol. The van der Waals surface area contributed by atoms with Gasteiger partial charge in [0.25, 0.3) is 0 Å². The van der Waals surface area contributed by atoms with Gasteiger partial charge in [-0.3, -0.25) is 4.98 Å². The van der Waals surface area contributed by atoms with E-state index in [9.17, 15) is 0 Å². The summed E-state index contributed by atoms with van der Waals surface area (Å²) in [6.45, 7) is 1.59. The molecule has 0 saturated carbocycles. The molecule has 0 saturated heterocycles. The maximum absolute atomic E-state index is 5.71. The van der Waals surface area contributed by atoms with Gasteiger partial charge in [-0.15, -0.1) is 0 Å². The lowest BCUT2D eigenvalue weighted by Crippen LogP contribution is -2.18. The number of rotatable bonds is 4. The fraction of sp³-hybridized carbons (Fsp3) is 0.188. The summed E-state index contributed by atoms with van der Waals surface area (Å²) in [6.07, 6.45) is 6.77. The second kappa shape index (κ2) is 5.57. The van der Waals surface area contributed by atoms with Crippen LogP contribution in [-0.4, -0.2) is 23.2 Å². The molecule has 0 radical (unpaired) electrons. The van der Waals surface area contributed by atoms with E-state index in [4.69, 9.17) is 4.74 Å². The number of benzene rings is 1. The van der Waals surface area contributed by atoms with Crippen molar-refractivity contribution in [3.63, 3.8) is 0 Å². The zero-order valence-corrected chi connectivity index (χ0v) is 10.7. The highest BCUT2D eigenvalue weighted by atomic mass is 16.5. The van der Waals surface area contributed by atoms with Gasteiger partial charge in [-0.05, 0) is 24.1 Å². The summed E-state index contributed by atoms with van der Waals surface area (Å²) in [6, 6.07) is 14.3. The quantitative estimate of drug-likeness (QED) is 0.836. The molecule has 0 bridgehead atoms. The zero-order chi connectivity index (χ0) is 12.9. The normalized spacial score (nSPS) is 14.1. The first kappa shape index (κ1) is 11.8. The van der Waals surface area contributed by atoms with Gasteiger partial charge in [-0.1, -0.05) is 30.3 Å². The first-order valence-electron chi connectivity index (χ1n) is 6.45. The molecule has 3 rings (SSSR count). The van der Waals surface area contributed by atoms with Crippen molar-refractivity contribution in [1.29, 1.82) is 0 Å². The highest BCUT2D eigenvalue weighted by Gasteiger charge is 2.14. The lowest BCUT2D eigenvalue weighted by Gasteiger charge is -2.12. The van der Waals surface area contributed by atoms with Crippen LogP contribution in [0.3, 0.4) is 0 Å². The summed E-state index contributed by atoms with van der Waals surface area (Å²) >= 11 is 0. The predicted molar refractivity (Wildman–Crippen MR) is 75.0 cm³/mol. The number of ether oxygens (including phenoxy) is 1. The Morgan fingerprint density at radius 1 is 1.05 bits per heavy atom. The van der Waals surface area contributed by atoms with Gasteiger partial charge in [0, 0.05) is 30.7 Å². The average molecular weight is 252 g/mol. The van der Waals surface area contributed by atoms with Crippen LogP contribution in [0.25, 0.3) is 5.76 Å². The Balaban J connectivity index is 1.61. The van der Waals surface area contributed by atoms with Crippen molar-refractivity contribution in [3.8, 4) is 0 Å². The molecule has 0 atom stereocenters. The summed E-state index contributed by atoms with van der Waals surface area (Å²) in [5, 5.41) is 0. The van der Waals surface area contributed by atoms with Gasteiger partial charge in [0.2, 0.25) is 0 Å². The van der Waals surface area contributed by atoms with Crippen LogP contribution in [0, 0.1) is 0 Å². The van der Waals surface area contributed by atoms with E-state index in [1.807, 2.05) is 30.6 Å². The Morgan fingerprint density at radius 3 is 2.63 bits per heavy atom. The van der Waals surface area contributed by atoms with Crippen LogP contribution < -0.4 is 0 Å². The first-order chi connectivity index (χ1) is 9.42. The highest BCUT2D eigenvalue weighted by Crippen LogP contribution is 2.21. The van der Waals surface area contributed by atoms with Crippen LogP contribution in [0.4, 0.5) is 0 Å². The van der Waals surface area contributed by atoms with Crippen molar-refractivity contribution in [2.45, 2.75) is 6.42 Å². The zero-order valence-electron chi connectivity index (χ0n) is 10.7. The van der Waals surface area contributed by atoms with Crippen LogP contribution in [0.2, 0.25) is 0 Å². The van der Waals surface area contributed by atoms with Crippen LogP contribution >= 0.6 is 0 Å². The van der Waals surface area contributed by atoms with Gasteiger partial charge in [0.05, 0.1) is 0 Å². The van der Waals surface area contributed by atoms with Crippen molar-refractivity contribution in [2.75, 3.05) is 13.3 Å². The molecule has 2 heterocycles. The largest absolute Gasteiger partial charge is 0.471 e. The Hall–Kier alpha value is -2.29. The second-order valence-electron chi connectivity index (χ2n) is 4.55. The average Bonchev–Trinajstić information content (AvgIpc) is 2.96. The molecule has 1 aliphatic heterocycles. The van der Waals surface area contributed by atoms with Gasteiger partial charge in [-0.25, -0.2) is 0 Å². The van der Waals surface area contributed by atoms with E-state index in [-0.39, 0.29) is 0 Å². The topological polar surface area (TPSA) is 25.4 Å². The molecule has 0 N–H and O–H groups in total. The molecule has 0 amide bonds. The molecular weight excluding hydrogens is 236 g/mol. The van der Waals surface area contributed by atoms with E-state index < -0.39 is 0 Å². The van der Waals surface area contributed by atoms with Gasteiger partial charge in [0.15, 0.2) is 6.73 Å². The van der Waals surface area contributed by atoms with E-state index in [1.54, 1.807) is 0 Å². The Bertz CT molecular complexity index is 551. The van der Waals surface area contributed by atoms with E-state index in [0.717, 1.165) is 24.3 Å². The molecule has 96 valence electrons. The van der Waals surface area contributed by atoms with E-state index in [0.29, 0.717) is 6.73 Å². The molecular formula is C16H16N2O. The number of aromatic nitrogens is 1. The van der Waals surface area contributed by atoms with Crippen LogP contribution in [0.15, 0.2) is 61.1 Å². The maximum atomic E-state index is 5.71. The third-order valence-corrected chi connectivity index (χ3v) is 3.18. The summed E-state index contributed by atoms with van der Waals surface area (Å²) in [4.78, 5) is 6.22. The number of hydrogen-bond donors (Lipinski definition) is 0. The molecule has 1 aliphatic rings. The second-order valence-corrected chi connectivity index (χ2v) is 4.55. The highest BCUT2D eigenvalue weighted by molar-refractivity contribution is 5.60. The maximum Gasteiger partial charge on any atom is 0.161 e. The predicted octanol–water partition coefficient (Wildman–Crippen LogP) is 2.91. The van der Waals surface area contributed by atoms with Crippen molar-refractivity contribution in [3.05, 3.63) is 72.2 Å². The Kier molecular flexibility index (Phi) is 3.45. The van der Waals surface area contributed by atoms with Crippen molar-refractivity contribution in [1.82, 2.24) is 9.88 Å². The molecule has 0 spiro atoms. The number of nitrogens with zero attached hydrogens (tertiary/aromatic N) is 2. The fourth-order valence-corrected chi connectivity index (χ4v) is 2.10. The van der Waals surface area contributed by atoms with Crippen molar-refractivity contribution < 1.29 is 4.74 Å². The summed E-state index contributed by atoms with van der Waals surface area (Å²) in [5.41, 5.74) is 2.44. The smallest absolute Gasteiger partial charge is 0.161 e. The molecule has 0 fully saturated rings. The number of pyridine rings is 1. The van der Waals surface area contributed by atoms with Crippen LogP contribution in [-0.2, 0) is 11.2 Å². The van der Waals surface area contributed by atoms with Crippen molar-refractivity contribution in [2.24, 2.45) is 0 Å². The van der Waals surface area contributed by atoms with E-state index in [2.05, 4.69) is 40.3 Å². The number of hydrogen-bond acceptors (Lipinski definition) is 3. The molecule has 19 heavy (non-hydrogen) atoms. The standard InChI is InChI=1S/C16H16N2O/c1-2-4-15(5-3-1)16-12-18(13-19-16)11-8-14-6-9-17-10-7-14/h1-7,9-10,12H,8,11,13H2. The molecule has 3 nitrogen and oxygen atoms in total. The minimum absolute atomic E-state index is 0.634. The molecule has 0 unspecified atom stereocenters. The van der Waals surface area contributed by atoms with Gasteiger partial charge in [0.1, 0.15) is 5.76 Å². The Morgan fingerprint density at radius 2 is 1.84 bits per heavy atom. The lowest BCUT2D eigenvalue weighted by molar-refractivity contribution is 0.185.